The highest BCUT2D eigenvalue weighted by atomic mass is 79.9. The molecule has 0 amide bonds. The summed E-state index contributed by atoms with van der Waals surface area (Å²) in [5.41, 5.74) is 0.177. The number of esters is 1. The molecule has 6 nitrogen and oxygen atoms in total. The molecule has 2 aromatic rings. The number of fused-ring (bicyclic) bond motifs is 1. The second kappa shape index (κ2) is 7.60. The summed E-state index contributed by atoms with van der Waals surface area (Å²) in [4.78, 5) is 37.4. The second-order valence-electron chi connectivity index (χ2n) is 6.54. The lowest BCUT2D eigenvalue weighted by Gasteiger charge is -2.39. The molecule has 0 heterocycles. The monoisotopic (exact) mass is 431 g/mol. The van der Waals surface area contributed by atoms with Gasteiger partial charge in [-0.05, 0) is 30.0 Å². The smallest absolute Gasteiger partial charge is 0.320 e. The highest BCUT2D eigenvalue weighted by molar-refractivity contribution is 9.10. The van der Waals surface area contributed by atoms with E-state index < -0.39 is 34.6 Å². The molecule has 2 atom stereocenters. The lowest BCUT2D eigenvalue weighted by Crippen LogP contribution is -2.50. The van der Waals surface area contributed by atoms with Gasteiger partial charge in [-0.25, -0.2) is 0 Å². The van der Waals surface area contributed by atoms with E-state index in [1.165, 1.54) is 7.11 Å². The average Bonchev–Trinajstić information content (AvgIpc) is 2.67. The van der Waals surface area contributed by atoms with Crippen LogP contribution in [-0.2, 0) is 16.0 Å². The van der Waals surface area contributed by atoms with E-state index in [4.69, 9.17) is 4.74 Å². The highest BCUT2D eigenvalue weighted by Gasteiger charge is 2.57. The Balaban J connectivity index is 2.24. The van der Waals surface area contributed by atoms with Crippen molar-refractivity contribution in [3.63, 3.8) is 0 Å². The molecule has 0 fully saturated rings. The van der Waals surface area contributed by atoms with Crippen molar-refractivity contribution in [3.8, 4) is 0 Å². The fourth-order valence-electron chi connectivity index (χ4n) is 3.92. The largest absolute Gasteiger partial charge is 0.468 e. The minimum atomic E-state index is -1.64. The Kier molecular flexibility index (Phi) is 5.41. The molecule has 0 saturated heterocycles. The molecule has 0 bridgehead atoms. The van der Waals surface area contributed by atoms with Gasteiger partial charge in [-0.3, -0.25) is 19.7 Å². The van der Waals surface area contributed by atoms with E-state index in [1.54, 1.807) is 36.4 Å². The van der Waals surface area contributed by atoms with Crippen molar-refractivity contribution < 1.29 is 19.2 Å². The van der Waals surface area contributed by atoms with Gasteiger partial charge in [-0.1, -0.05) is 58.4 Å². The molecule has 2 aromatic carbocycles. The molecule has 2 unspecified atom stereocenters. The van der Waals surface area contributed by atoms with Crippen LogP contribution in [0.3, 0.4) is 0 Å². The SMILES string of the molecule is COC(=O)C1(C(C[N+](=O)[O-])c2ccccc2Br)CCc2ccccc2C1=O. The number of methoxy groups -OCH3 is 1. The van der Waals surface area contributed by atoms with Crippen LogP contribution < -0.4 is 0 Å². The molecule has 0 aromatic heterocycles. The summed E-state index contributed by atoms with van der Waals surface area (Å²) in [6, 6.07) is 14.0. The van der Waals surface area contributed by atoms with Crippen molar-refractivity contribution >= 4 is 27.7 Å². The molecular formula is C20H18BrNO5. The quantitative estimate of drug-likeness (QED) is 0.311. The molecule has 1 aliphatic carbocycles. The van der Waals surface area contributed by atoms with Gasteiger partial charge in [0.25, 0.3) is 0 Å². The zero-order valence-electron chi connectivity index (χ0n) is 14.7. The first kappa shape index (κ1) is 19.2. The van der Waals surface area contributed by atoms with Crippen molar-refractivity contribution in [1.29, 1.82) is 0 Å². The first-order valence-electron chi connectivity index (χ1n) is 8.49. The summed E-state index contributed by atoms with van der Waals surface area (Å²) in [7, 11) is 1.21. The second-order valence-corrected chi connectivity index (χ2v) is 7.39. The lowest BCUT2D eigenvalue weighted by atomic mass is 9.61. The van der Waals surface area contributed by atoms with Crippen LogP contribution in [0.15, 0.2) is 53.0 Å². The van der Waals surface area contributed by atoms with Gasteiger partial charge in [0.2, 0.25) is 6.54 Å². The summed E-state index contributed by atoms with van der Waals surface area (Å²) in [5, 5.41) is 11.5. The zero-order chi connectivity index (χ0) is 19.6. The zero-order valence-corrected chi connectivity index (χ0v) is 16.3. The summed E-state index contributed by atoms with van der Waals surface area (Å²) in [6.07, 6.45) is 0.630. The fraction of sp³-hybridized carbons (Fsp3) is 0.300. The van der Waals surface area contributed by atoms with Crippen LogP contribution in [-0.4, -0.2) is 30.3 Å². The summed E-state index contributed by atoms with van der Waals surface area (Å²) < 4.78 is 5.62. The molecule has 140 valence electrons. The normalized spacial score (nSPS) is 19.9. The van der Waals surface area contributed by atoms with E-state index in [0.717, 1.165) is 5.56 Å². The number of Topliss-reactive ketones (excluding diaryl/α,β-unsaturated/α-hetero) is 1. The van der Waals surface area contributed by atoms with E-state index in [9.17, 15) is 19.7 Å². The molecule has 3 rings (SSSR count). The van der Waals surface area contributed by atoms with E-state index in [2.05, 4.69) is 15.9 Å². The van der Waals surface area contributed by atoms with Crippen LogP contribution in [0.5, 0.6) is 0 Å². The van der Waals surface area contributed by atoms with E-state index in [-0.39, 0.29) is 6.42 Å². The van der Waals surface area contributed by atoms with Gasteiger partial charge in [0.1, 0.15) is 5.41 Å². The number of hydrogen-bond acceptors (Lipinski definition) is 5. The number of rotatable bonds is 5. The molecule has 1 aliphatic rings. The van der Waals surface area contributed by atoms with Crippen LogP contribution >= 0.6 is 15.9 Å². The van der Waals surface area contributed by atoms with Gasteiger partial charge in [0.05, 0.1) is 13.0 Å². The fourth-order valence-corrected chi connectivity index (χ4v) is 4.48. The minimum Gasteiger partial charge on any atom is -0.468 e. The van der Waals surface area contributed by atoms with E-state index in [0.29, 0.717) is 22.0 Å². The highest BCUT2D eigenvalue weighted by Crippen LogP contribution is 2.48. The van der Waals surface area contributed by atoms with Crippen LogP contribution in [0.2, 0.25) is 0 Å². The van der Waals surface area contributed by atoms with E-state index in [1.807, 2.05) is 12.1 Å². The standard InChI is InChI=1S/C20H18BrNO5/c1-27-19(24)20(11-10-13-6-2-3-7-14(13)18(20)23)16(12-22(25)26)15-8-4-5-9-17(15)21/h2-9,16H,10-12H2,1H3. The number of benzene rings is 2. The Morgan fingerprint density at radius 2 is 1.93 bits per heavy atom. The van der Waals surface area contributed by atoms with Crippen molar-refractivity contribution in [1.82, 2.24) is 0 Å². The molecule has 27 heavy (non-hydrogen) atoms. The predicted octanol–water partition coefficient (Wildman–Crippen LogP) is 3.80. The number of carbonyl (C=O) groups is 2. The van der Waals surface area contributed by atoms with Gasteiger partial charge in [-0.2, -0.15) is 0 Å². The van der Waals surface area contributed by atoms with Gasteiger partial charge >= 0.3 is 5.97 Å². The number of hydrogen-bond donors (Lipinski definition) is 0. The number of nitro groups is 1. The first-order valence-corrected chi connectivity index (χ1v) is 9.28. The summed E-state index contributed by atoms with van der Waals surface area (Å²) >= 11 is 3.41. The van der Waals surface area contributed by atoms with Crippen molar-refractivity contribution in [2.45, 2.75) is 18.8 Å². The van der Waals surface area contributed by atoms with Crippen molar-refractivity contribution in [2.75, 3.05) is 13.7 Å². The van der Waals surface area contributed by atoms with Crippen molar-refractivity contribution in [3.05, 3.63) is 79.8 Å². The van der Waals surface area contributed by atoms with Gasteiger partial charge < -0.3 is 4.74 Å². The Morgan fingerprint density at radius 1 is 1.26 bits per heavy atom. The summed E-state index contributed by atoms with van der Waals surface area (Å²) in [5.74, 6) is -2.10. The van der Waals surface area contributed by atoms with Crippen LogP contribution in [0, 0.1) is 15.5 Å². The van der Waals surface area contributed by atoms with Crippen LogP contribution in [0.4, 0.5) is 0 Å². The maximum atomic E-state index is 13.5. The molecule has 0 aliphatic heterocycles. The molecule has 7 heteroatoms. The van der Waals surface area contributed by atoms with E-state index >= 15 is 0 Å². The average molecular weight is 432 g/mol. The Labute approximate surface area is 164 Å². The molecule has 0 saturated carbocycles. The third kappa shape index (κ3) is 3.27. The topological polar surface area (TPSA) is 86.5 Å². The number of nitrogens with zero attached hydrogens (tertiary/aromatic N) is 1. The Bertz CT molecular complexity index is 913. The van der Waals surface area contributed by atoms with Gasteiger partial charge in [0.15, 0.2) is 5.78 Å². The van der Waals surface area contributed by atoms with Crippen LogP contribution in [0.25, 0.3) is 0 Å². The molecule has 0 N–H and O–H groups in total. The van der Waals surface area contributed by atoms with Gasteiger partial charge in [0, 0.05) is 15.0 Å². The maximum absolute atomic E-state index is 13.5. The third-order valence-electron chi connectivity index (χ3n) is 5.21. The number of aryl methyl sites for hydroxylation is 1. The maximum Gasteiger partial charge on any atom is 0.320 e. The van der Waals surface area contributed by atoms with Crippen LogP contribution in [0.1, 0.15) is 33.8 Å². The lowest BCUT2D eigenvalue weighted by molar-refractivity contribution is -0.485. The molecular weight excluding hydrogens is 414 g/mol. The Hall–Kier alpha value is -2.54. The van der Waals surface area contributed by atoms with Crippen molar-refractivity contribution in [2.24, 2.45) is 5.41 Å². The minimum absolute atomic E-state index is 0.162. The third-order valence-corrected chi connectivity index (χ3v) is 5.93. The molecule has 0 spiro atoms. The number of ketones is 1. The van der Waals surface area contributed by atoms with Gasteiger partial charge in [-0.15, -0.1) is 0 Å². The Morgan fingerprint density at radius 3 is 2.59 bits per heavy atom. The molecule has 0 radical (unpaired) electrons. The number of carbonyl (C=O) groups excluding carboxylic acids is 2. The number of halogens is 1. The summed E-state index contributed by atoms with van der Waals surface area (Å²) in [6.45, 7) is -0.550. The first-order chi connectivity index (χ1) is 12.9. The predicted molar refractivity (Wildman–Crippen MR) is 102 cm³/mol. The number of ether oxygens (including phenoxy) is 1.